The lowest BCUT2D eigenvalue weighted by molar-refractivity contribution is -0.138. The summed E-state index contributed by atoms with van der Waals surface area (Å²) >= 11 is 5.42. The van der Waals surface area contributed by atoms with Crippen molar-refractivity contribution in [2.24, 2.45) is 4.99 Å². The Morgan fingerprint density at radius 2 is 1.79 bits per heavy atom. The van der Waals surface area contributed by atoms with Crippen LogP contribution in [0.1, 0.15) is 25.3 Å². The van der Waals surface area contributed by atoms with E-state index in [1.165, 1.54) is 0 Å². The fraction of sp³-hybridized carbons (Fsp3) is 0.304. The van der Waals surface area contributed by atoms with E-state index in [0.29, 0.717) is 17.9 Å². The second kappa shape index (κ2) is 9.63. The molecule has 0 saturated heterocycles. The predicted molar refractivity (Wildman–Crippen MR) is 123 cm³/mol. The summed E-state index contributed by atoms with van der Waals surface area (Å²) in [6.45, 7) is 4.05. The van der Waals surface area contributed by atoms with Crippen LogP contribution in [0.4, 0.5) is 0 Å². The van der Waals surface area contributed by atoms with Gasteiger partial charge in [0.1, 0.15) is 5.84 Å². The van der Waals surface area contributed by atoms with Crippen molar-refractivity contribution in [2.75, 3.05) is 20.7 Å². The van der Waals surface area contributed by atoms with Crippen LogP contribution in [0.2, 0.25) is 0 Å². The molecule has 2 aromatic carbocycles. The molecule has 1 aliphatic rings. The molecule has 6 heteroatoms. The number of carbonyl (C=O) groups excluding carboxylic acids is 1. The molecule has 2 aromatic rings. The smallest absolute Gasteiger partial charge is 0.336 e. The summed E-state index contributed by atoms with van der Waals surface area (Å²) in [5.74, 6) is 0.445. The molecule has 152 valence electrons. The van der Waals surface area contributed by atoms with Gasteiger partial charge < -0.3 is 9.64 Å². The maximum atomic E-state index is 13.0. The highest BCUT2D eigenvalue weighted by Gasteiger charge is 2.41. The van der Waals surface area contributed by atoms with Crippen molar-refractivity contribution >= 4 is 39.5 Å². The molecule has 0 aromatic heterocycles. The zero-order valence-electron chi connectivity index (χ0n) is 17.1. The highest BCUT2D eigenvalue weighted by atomic mass is 79.9. The normalized spacial score (nSPS) is 19.0. The largest absolute Gasteiger partial charge is 0.463 e. The fourth-order valence-corrected chi connectivity index (χ4v) is 5.40. The highest BCUT2D eigenvalue weighted by molar-refractivity contribution is 9.10. The number of hydrogen-bond donors (Lipinski definition) is 0. The first-order chi connectivity index (χ1) is 13.9. The number of esters is 1. The number of ether oxygens (including phenoxy) is 1. The minimum absolute atomic E-state index is 0.0748. The van der Waals surface area contributed by atoms with Gasteiger partial charge >= 0.3 is 5.97 Å². The lowest BCUT2D eigenvalue weighted by Crippen LogP contribution is -2.41. The number of halogens is 1. The molecule has 2 atom stereocenters. The van der Waals surface area contributed by atoms with Gasteiger partial charge in [0.15, 0.2) is 0 Å². The van der Waals surface area contributed by atoms with E-state index in [-0.39, 0.29) is 17.1 Å². The second-order valence-electron chi connectivity index (χ2n) is 6.93. The van der Waals surface area contributed by atoms with Crippen LogP contribution in [-0.4, -0.2) is 42.7 Å². The molecule has 0 bridgehead atoms. The number of aliphatic imine (C=N–C) groups is 1. The number of allylic oxidation sites excluding steroid dienone is 1. The Morgan fingerprint density at radius 1 is 1.14 bits per heavy atom. The number of thioether (sulfide) groups is 1. The van der Waals surface area contributed by atoms with Crippen LogP contribution >= 0.6 is 27.7 Å². The topological polar surface area (TPSA) is 41.9 Å². The van der Waals surface area contributed by atoms with E-state index in [2.05, 4.69) is 34.1 Å². The van der Waals surface area contributed by atoms with Crippen molar-refractivity contribution in [3.63, 3.8) is 0 Å². The Morgan fingerprint density at radius 3 is 2.41 bits per heavy atom. The third-order valence-electron chi connectivity index (χ3n) is 4.74. The minimum Gasteiger partial charge on any atom is -0.463 e. The van der Waals surface area contributed by atoms with Gasteiger partial charge in [-0.25, -0.2) is 9.79 Å². The van der Waals surface area contributed by atoms with E-state index < -0.39 is 0 Å². The van der Waals surface area contributed by atoms with Crippen molar-refractivity contribution < 1.29 is 9.53 Å². The first-order valence-corrected chi connectivity index (χ1v) is 11.2. The van der Waals surface area contributed by atoms with E-state index in [9.17, 15) is 4.79 Å². The molecule has 0 amide bonds. The summed E-state index contributed by atoms with van der Waals surface area (Å²) in [4.78, 5) is 21.0. The monoisotopic (exact) mass is 472 g/mol. The Labute approximate surface area is 185 Å². The van der Waals surface area contributed by atoms with Crippen LogP contribution in [0.25, 0.3) is 0 Å². The van der Waals surface area contributed by atoms with E-state index >= 15 is 0 Å². The average Bonchev–Trinajstić information content (AvgIpc) is 2.70. The van der Waals surface area contributed by atoms with Crippen molar-refractivity contribution in [1.82, 2.24) is 4.90 Å². The summed E-state index contributed by atoms with van der Waals surface area (Å²) in [5.41, 5.74) is 2.38. The molecule has 0 fully saturated rings. The van der Waals surface area contributed by atoms with E-state index in [0.717, 1.165) is 20.8 Å². The molecule has 0 saturated carbocycles. The quantitative estimate of drug-likeness (QED) is 0.538. The Balaban J connectivity index is 2.19. The molecular formula is C23H25BrN2O2S. The van der Waals surface area contributed by atoms with Crippen LogP contribution in [0.15, 0.2) is 80.2 Å². The molecule has 0 radical (unpaired) electrons. The second-order valence-corrected chi connectivity index (χ2v) is 9.00. The van der Waals surface area contributed by atoms with Crippen LogP contribution in [0.3, 0.4) is 0 Å². The maximum absolute atomic E-state index is 13.0. The highest BCUT2D eigenvalue weighted by Crippen LogP contribution is 2.45. The summed E-state index contributed by atoms with van der Waals surface area (Å²) in [7, 11) is 3.99. The lowest BCUT2D eigenvalue weighted by Gasteiger charge is -2.36. The first-order valence-electron chi connectivity index (χ1n) is 9.54. The number of hydrogen-bond acceptors (Lipinski definition) is 5. The predicted octanol–water partition coefficient (Wildman–Crippen LogP) is 5.50. The molecule has 1 heterocycles. The fourth-order valence-electron chi connectivity index (χ4n) is 3.47. The van der Waals surface area contributed by atoms with Gasteiger partial charge in [-0.3, -0.25) is 0 Å². The number of carbonyl (C=O) groups is 1. The van der Waals surface area contributed by atoms with Gasteiger partial charge in [0.25, 0.3) is 0 Å². The van der Waals surface area contributed by atoms with Gasteiger partial charge in [0, 0.05) is 29.4 Å². The van der Waals surface area contributed by atoms with E-state index in [1.54, 1.807) is 11.8 Å². The molecule has 1 aliphatic heterocycles. The number of rotatable bonds is 5. The molecule has 29 heavy (non-hydrogen) atoms. The molecular weight excluding hydrogens is 448 g/mol. The van der Waals surface area contributed by atoms with Gasteiger partial charge in [0.05, 0.1) is 23.1 Å². The molecule has 0 N–H and O–H groups in total. The SMILES string of the molecule is CCOC(=O)C1=C(C)N=C(N(C)C)C(Sc2ccccc2)C1c1ccccc1Br. The maximum Gasteiger partial charge on any atom is 0.336 e. The van der Waals surface area contributed by atoms with Crippen LogP contribution in [0.5, 0.6) is 0 Å². The van der Waals surface area contributed by atoms with Crippen LogP contribution < -0.4 is 0 Å². The van der Waals surface area contributed by atoms with Gasteiger partial charge in [-0.2, -0.15) is 0 Å². The number of benzene rings is 2. The van der Waals surface area contributed by atoms with Crippen LogP contribution in [0, 0.1) is 0 Å². The van der Waals surface area contributed by atoms with Crippen molar-refractivity contribution in [1.29, 1.82) is 0 Å². The Bertz CT molecular complexity index is 941. The standard InChI is InChI=1S/C23H25BrN2O2S/c1-5-28-23(27)19-15(2)25-22(26(3)4)21(29-16-11-7-6-8-12-16)20(19)17-13-9-10-14-18(17)24/h6-14,20-21H,5H2,1-4H3. The number of nitrogens with zero attached hydrogens (tertiary/aromatic N) is 2. The third kappa shape index (κ3) is 4.75. The van der Waals surface area contributed by atoms with E-state index in [1.807, 2.05) is 69.2 Å². The molecule has 0 aliphatic carbocycles. The van der Waals surface area contributed by atoms with Crippen molar-refractivity contribution in [3.05, 3.63) is 75.9 Å². The Kier molecular flexibility index (Phi) is 7.19. The zero-order chi connectivity index (χ0) is 21.0. The van der Waals surface area contributed by atoms with Gasteiger partial charge in [-0.05, 0) is 37.6 Å². The number of amidine groups is 1. The first kappa shape index (κ1) is 21.7. The summed E-state index contributed by atoms with van der Waals surface area (Å²) in [6, 6.07) is 18.3. The average molecular weight is 473 g/mol. The third-order valence-corrected chi connectivity index (χ3v) is 6.74. The summed E-state index contributed by atoms with van der Waals surface area (Å²) < 4.78 is 6.40. The van der Waals surface area contributed by atoms with Crippen molar-refractivity contribution in [2.45, 2.75) is 29.9 Å². The summed E-state index contributed by atoms with van der Waals surface area (Å²) in [6.07, 6.45) is 0. The zero-order valence-corrected chi connectivity index (χ0v) is 19.5. The van der Waals surface area contributed by atoms with E-state index in [4.69, 9.17) is 9.73 Å². The minimum atomic E-state index is -0.300. The molecule has 4 nitrogen and oxygen atoms in total. The summed E-state index contributed by atoms with van der Waals surface area (Å²) in [5, 5.41) is -0.0748. The lowest BCUT2D eigenvalue weighted by atomic mass is 9.84. The van der Waals surface area contributed by atoms with Crippen LogP contribution in [-0.2, 0) is 9.53 Å². The molecule has 0 spiro atoms. The molecule has 3 rings (SSSR count). The van der Waals surface area contributed by atoms with Gasteiger partial charge in [0.2, 0.25) is 0 Å². The van der Waals surface area contributed by atoms with Gasteiger partial charge in [-0.1, -0.05) is 52.3 Å². The van der Waals surface area contributed by atoms with Gasteiger partial charge in [-0.15, -0.1) is 11.8 Å². The molecule has 2 unspecified atom stereocenters. The van der Waals surface area contributed by atoms with Crippen molar-refractivity contribution in [3.8, 4) is 0 Å². The Hall–Kier alpha value is -2.05.